The molecule has 0 bridgehead atoms. The third-order valence-corrected chi connectivity index (χ3v) is 6.97. The lowest BCUT2D eigenvalue weighted by molar-refractivity contribution is -0.119. The number of halogens is 4. The lowest BCUT2D eigenvalue weighted by atomic mass is 9.63. The van der Waals surface area contributed by atoms with Crippen LogP contribution in [0.15, 0.2) is 36.4 Å². The third-order valence-electron chi connectivity index (χ3n) is 6.44. The van der Waals surface area contributed by atoms with Crippen LogP contribution in [0, 0.1) is 34.3 Å². The van der Waals surface area contributed by atoms with E-state index in [1.807, 2.05) is 20.8 Å². The van der Waals surface area contributed by atoms with Crippen molar-refractivity contribution in [2.24, 2.45) is 11.3 Å². The molecule has 6 nitrogen and oxygen atoms in total. The largest absolute Gasteiger partial charge is 0.358 e. The standard InChI is InChI=1S/C26H28Cl2F2N4O2/c1-25(2,3)11-15-13-34(24(36)33-12-21(35)32-4)23(17-6-5-7-19(28)22(17)30)26(15,14-31)18-9-8-16(27)10-20(18)29/h5-10,15,23H,11-13H2,1-4H3,(H,32,35)(H,33,36)/t15-,23-,26-/m1/s1. The van der Waals surface area contributed by atoms with Gasteiger partial charge in [0, 0.05) is 35.7 Å². The van der Waals surface area contributed by atoms with Crippen molar-refractivity contribution in [3.63, 3.8) is 0 Å². The summed E-state index contributed by atoms with van der Waals surface area (Å²) in [5.41, 5.74) is -2.01. The van der Waals surface area contributed by atoms with Gasteiger partial charge in [0.05, 0.1) is 23.7 Å². The summed E-state index contributed by atoms with van der Waals surface area (Å²) < 4.78 is 31.0. The number of benzene rings is 2. The number of urea groups is 1. The van der Waals surface area contributed by atoms with E-state index in [4.69, 9.17) is 23.2 Å². The number of carbonyl (C=O) groups excluding carboxylic acids is 2. The van der Waals surface area contributed by atoms with Crippen molar-refractivity contribution in [1.29, 1.82) is 5.26 Å². The van der Waals surface area contributed by atoms with Crippen LogP contribution in [-0.2, 0) is 10.2 Å². The molecule has 0 spiro atoms. The molecule has 10 heteroatoms. The highest BCUT2D eigenvalue weighted by Crippen LogP contribution is 2.56. The first-order valence-corrected chi connectivity index (χ1v) is 12.2. The summed E-state index contributed by atoms with van der Waals surface area (Å²) in [5, 5.41) is 15.6. The van der Waals surface area contributed by atoms with E-state index < -0.39 is 40.9 Å². The summed E-state index contributed by atoms with van der Waals surface area (Å²) in [6, 6.07) is 8.65. The number of amides is 3. The number of likely N-dealkylation sites (tertiary alicyclic amines) is 1. The van der Waals surface area contributed by atoms with Crippen LogP contribution < -0.4 is 10.6 Å². The number of nitrogens with one attached hydrogen (secondary N) is 2. The SMILES string of the molecule is CNC(=O)CNC(=O)N1C[C@@H](CC(C)(C)C)[C@](C#N)(c2ccc(Cl)cc2F)[C@H]1c1cccc(Cl)c1F. The van der Waals surface area contributed by atoms with E-state index in [1.54, 1.807) is 0 Å². The zero-order valence-electron chi connectivity index (χ0n) is 20.5. The number of hydrogen-bond donors (Lipinski definition) is 2. The van der Waals surface area contributed by atoms with Crippen LogP contribution in [0.2, 0.25) is 10.0 Å². The molecular formula is C26H28Cl2F2N4O2. The molecule has 1 heterocycles. The molecule has 0 aromatic heterocycles. The number of nitriles is 1. The molecule has 2 aromatic carbocycles. The van der Waals surface area contributed by atoms with Crippen molar-refractivity contribution in [2.75, 3.05) is 20.1 Å². The van der Waals surface area contributed by atoms with Crippen molar-refractivity contribution in [2.45, 2.75) is 38.6 Å². The molecule has 2 aromatic rings. The fourth-order valence-electron chi connectivity index (χ4n) is 5.02. The smallest absolute Gasteiger partial charge is 0.318 e. The van der Waals surface area contributed by atoms with Gasteiger partial charge < -0.3 is 15.5 Å². The second-order valence-electron chi connectivity index (χ2n) is 10.1. The molecule has 0 aliphatic carbocycles. The first-order valence-electron chi connectivity index (χ1n) is 11.4. The normalized spacial score (nSPS) is 21.7. The molecule has 1 fully saturated rings. The van der Waals surface area contributed by atoms with Gasteiger partial charge in [0.1, 0.15) is 17.0 Å². The number of nitrogens with zero attached hydrogens (tertiary/aromatic N) is 2. The highest BCUT2D eigenvalue weighted by atomic mass is 35.5. The van der Waals surface area contributed by atoms with E-state index in [9.17, 15) is 14.9 Å². The van der Waals surface area contributed by atoms with E-state index in [2.05, 4.69) is 16.7 Å². The molecule has 0 unspecified atom stereocenters. The van der Waals surface area contributed by atoms with Gasteiger partial charge in [0.2, 0.25) is 5.91 Å². The van der Waals surface area contributed by atoms with Crippen LogP contribution in [0.25, 0.3) is 0 Å². The van der Waals surface area contributed by atoms with Crippen molar-refractivity contribution in [1.82, 2.24) is 15.5 Å². The first kappa shape index (κ1) is 27.7. The Labute approximate surface area is 219 Å². The van der Waals surface area contributed by atoms with Crippen molar-refractivity contribution in [3.05, 3.63) is 69.2 Å². The Balaban J connectivity index is 2.30. The molecule has 3 amide bonds. The van der Waals surface area contributed by atoms with E-state index in [1.165, 1.54) is 42.3 Å². The maximum Gasteiger partial charge on any atom is 0.318 e. The maximum atomic E-state index is 15.5. The highest BCUT2D eigenvalue weighted by Gasteiger charge is 2.60. The predicted octanol–water partition coefficient (Wildman–Crippen LogP) is 5.60. The molecule has 1 aliphatic rings. The minimum atomic E-state index is -1.68. The van der Waals surface area contributed by atoms with Crippen LogP contribution in [0.1, 0.15) is 44.4 Å². The molecule has 1 saturated heterocycles. The molecule has 192 valence electrons. The molecule has 36 heavy (non-hydrogen) atoms. The second kappa shape index (κ2) is 10.6. The van der Waals surface area contributed by atoms with Crippen LogP contribution in [-0.4, -0.2) is 37.0 Å². The number of rotatable bonds is 5. The van der Waals surface area contributed by atoms with Gasteiger partial charge in [-0.1, -0.05) is 62.2 Å². The second-order valence-corrected chi connectivity index (χ2v) is 10.9. The van der Waals surface area contributed by atoms with Crippen molar-refractivity contribution >= 4 is 35.1 Å². The Morgan fingerprint density at radius 3 is 2.50 bits per heavy atom. The Hall–Kier alpha value is -2.89. The maximum absolute atomic E-state index is 15.5. The van der Waals surface area contributed by atoms with Gasteiger partial charge in [-0.25, -0.2) is 13.6 Å². The topological polar surface area (TPSA) is 85.2 Å². The summed E-state index contributed by atoms with van der Waals surface area (Å²) in [6.07, 6.45) is 0.417. The minimum Gasteiger partial charge on any atom is -0.358 e. The van der Waals surface area contributed by atoms with E-state index in [0.717, 1.165) is 6.07 Å². The minimum absolute atomic E-state index is 0.00891. The molecule has 0 saturated carbocycles. The molecule has 1 aliphatic heterocycles. The quantitative estimate of drug-likeness (QED) is 0.521. The Morgan fingerprint density at radius 2 is 1.92 bits per heavy atom. The fourth-order valence-corrected chi connectivity index (χ4v) is 5.36. The lowest BCUT2D eigenvalue weighted by Gasteiger charge is -2.38. The Morgan fingerprint density at radius 1 is 1.22 bits per heavy atom. The molecule has 0 radical (unpaired) electrons. The molecule has 3 rings (SSSR count). The van der Waals surface area contributed by atoms with E-state index in [-0.39, 0.29) is 39.7 Å². The number of hydrogen-bond acceptors (Lipinski definition) is 3. The van der Waals surface area contributed by atoms with Gasteiger partial charge in [-0.15, -0.1) is 0 Å². The number of likely N-dealkylation sites (N-methyl/N-ethyl adjacent to an activating group) is 1. The molecule has 3 atom stereocenters. The van der Waals surface area contributed by atoms with Gasteiger partial charge in [-0.05, 0) is 30.0 Å². The van der Waals surface area contributed by atoms with Gasteiger partial charge in [0.25, 0.3) is 0 Å². The Bertz CT molecular complexity index is 1210. The first-order chi connectivity index (χ1) is 16.9. The van der Waals surface area contributed by atoms with Gasteiger partial charge >= 0.3 is 6.03 Å². The van der Waals surface area contributed by atoms with Gasteiger partial charge in [0.15, 0.2) is 0 Å². The zero-order valence-corrected chi connectivity index (χ0v) is 22.0. The summed E-state index contributed by atoms with van der Waals surface area (Å²) in [5.74, 6) is -2.57. The van der Waals surface area contributed by atoms with Crippen LogP contribution in [0.3, 0.4) is 0 Å². The third kappa shape index (κ3) is 5.28. The highest BCUT2D eigenvalue weighted by molar-refractivity contribution is 6.31. The van der Waals surface area contributed by atoms with Crippen LogP contribution in [0.5, 0.6) is 0 Å². The zero-order chi connectivity index (χ0) is 26.8. The summed E-state index contributed by atoms with van der Waals surface area (Å²) >= 11 is 12.1. The van der Waals surface area contributed by atoms with Crippen LogP contribution in [0.4, 0.5) is 13.6 Å². The molecule has 2 N–H and O–H groups in total. The summed E-state index contributed by atoms with van der Waals surface area (Å²) in [7, 11) is 1.43. The average molecular weight is 537 g/mol. The molecular weight excluding hydrogens is 509 g/mol. The van der Waals surface area contributed by atoms with E-state index in [0.29, 0.717) is 6.42 Å². The Kier molecular flexibility index (Phi) is 8.17. The predicted molar refractivity (Wildman–Crippen MR) is 135 cm³/mol. The monoisotopic (exact) mass is 536 g/mol. The fraction of sp³-hybridized carbons (Fsp3) is 0.423. The van der Waals surface area contributed by atoms with Crippen molar-refractivity contribution < 1.29 is 18.4 Å². The van der Waals surface area contributed by atoms with Crippen molar-refractivity contribution in [3.8, 4) is 6.07 Å². The van der Waals surface area contributed by atoms with Gasteiger partial charge in [-0.2, -0.15) is 5.26 Å². The van der Waals surface area contributed by atoms with Crippen LogP contribution >= 0.6 is 23.2 Å². The summed E-state index contributed by atoms with van der Waals surface area (Å²) in [6.45, 7) is 5.60. The lowest BCUT2D eigenvalue weighted by Crippen LogP contribution is -2.46. The average Bonchev–Trinajstić information content (AvgIpc) is 3.11. The van der Waals surface area contributed by atoms with E-state index >= 15 is 8.78 Å². The summed E-state index contributed by atoms with van der Waals surface area (Å²) in [4.78, 5) is 26.5. The number of carbonyl (C=O) groups is 2. The van der Waals surface area contributed by atoms with Gasteiger partial charge in [-0.3, -0.25) is 4.79 Å².